The van der Waals surface area contributed by atoms with E-state index in [4.69, 9.17) is 5.73 Å². The zero-order chi connectivity index (χ0) is 12.6. The van der Waals surface area contributed by atoms with Gasteiger partial charge in [0.1, 0.15) is 0 Å². The maximum Gasteiger partial charge on any atom is 0.0430 e. The molecule has 2 N–H and O–H groups in total. The van der Waals surface area contributed by atoms with Crippen LogP contribution in [0.1, 0.15) is 42.4 Å². The molecule has 0 saturated heterocycles. The van der Waals surface area contributed by atoms with Crippen molar-refractivity contribution in [1.82, 2.24) is 0 Å². The number of hydrogen-bond acceptors (Lipinski definition) is 2. The van der Waals surface area contributed by atoms with Crippen LogP contribution in [-0.2, 0) is 5.54 Å². The SMILES string of the molecule is Cc1cc(N(C)C)c(C2(N)CCCC2)cc1C. The van der Waals surface area contributed by atoms with Gasteiger partial charge in [-0.05, 0) is 49.4 Å². The van der Waals surface area contributed by atoms with Crippen molar-refractivity contribution in [1.29, 1.82) is 0 Å². The summed E-state index contributed by atoms with van der Waals surface area (Å²) in [5, 5.41) is 0. The van der Waals surface area contributed by atoms with Crippen LogP contribution in [0.3, 0.4) is 0 Å². The van der Waals surface area contributed by atoms with Gasteiger partial charge in [-0.1, -0.05) is 18.9 Å². The fourth-order valence-electron chi connectivity index (χ4n) is 2.84. The molecule has 1 aromatic rings. The van der Waals surface area contributed by atoms with Gasteiger partial charge in [-0.15, -0.1) is 0 Å². The van der Waals surface area contributed by atoms with Crippen molar-refractivity contribution in [3.63, 3.8) is 0 Å². The molecule has 1 aromatic carbocycles. The Balaban J connectivity index is 2.54. The summed E-state index contributed by atoms with van der Waals surface area (Å²) in [6.45, 7) is 4.35. The number of aryl methyl sites for hydroxylation is 2. The lowest BCUT2D eigenvalue weighted by molar-refractivity contribution is 0.461. The average Bonchev–Trinajstić information content (AvgIpc) is 2.69. The van der Waals surface area contributed by atoms with E-state index in [2.05, 4.69) is 45.0 Å². The summed E-state index contributed by atoms with van der Waals surface area (Å²) in [7, 11) is 4.21. The van der Waals surface area contributed by atoms with Crippen LogP contribution >= 0.6 is 0 Å². The van der Waals surface area contributed by atoms with Gasteiger partial charge in [0.25, 0.3) is 0 Å². The maximum atomic E-state index is 6.61. The summed E-state index contributed by atoms with van der Waals surface area (Å²) in [6.07, 6.45) is 4.76. The third kappa shape index (κ3) is 2.19. The highest BCUT2D eigenvalue weighted by atomic mass is 15.1. The fraction of sp³-hybridized carbons (Fsp3) is 0.600. The molecule has 1 aliphatic rings. The number of anilines is 1. The van der Waals surface area contributed by atoms with Gasteiger partial charge in [0.2, 0.25) is 0 Å². The molecule has 1 saturated carbocycles. The van der Waals surface area contributed by atoms with Crippen LogP contribution in [-0.4, -0.2) is 14.1 Å². The zero-order valence-corrected chi connectivity index (χ0v) is 11.5. The van der Waals surface area contributed by atoms with E-state index in [1.807, 2.05) is 0 Å². The molecule has 0 amide bonds. The second-order valence-corrected chi connectivity index (χ2v) is 5.71. The van der Waals surface area contributed by atoms with Crippen molar-refractivity contribution in [3.05, 3.63) is 28.8 Å². The first-order valence-corrected chi connectivity index (χ1v) is 6.52. The summed E-state index contributed by atoms with van der Waals surface area (Å²) >= 11 is 0. The number of nitrogens with zero attached hydrogens (tertiary/aromatic N) is 1. The van der Waals surface area contributed by atoms with Gasteiger partial charge in [0.15, 0.2) is 0 Å². The van der Waals surface area contributed by atoms with Gasteiger partial charge in [-0.25, -0.2) is 0 Å². The van der Waals surface area contributed by atoms with Crippen LogP contribution in [0.15, 0.2) is 12.1 Å². The number of nitrogens with two attached hydrogens (primary N) is 1. The highest BCUT2D eigenvalue weighted by Crippen LogP contribution is 2.41. The van der Waals surface area contributed by atoms with E-state index in [0.717, 1.165) is 12.8 Å². The maximum absolute atomic E-state index is 6.61. The lowest BCUT2D eigenvalue weighted by Crippen LogP contribution is -2.35. The monoisotopic (exact) mass is 232 g/mol. The Morgan fingerprint density at radius 3 is 2.12 bits per heavy atom. The molecule has 0 bridgehead atoms. The molecular weight excluding hydrogens is 208 g/mol. The minimum absolute atomic E-state index is 0.0991. The van der Waals surface area contributed by atoms with Crippen molar-refractivity contribution in [2.75, 3.05) is 19.0 Å². The van der Waals surface area contributed by atoms with E-state index in [1.54, 1.807) is 0 Å². The summed E-state index contributed by atoms with van der Waals surface area (Å²) < 4.78 is 0. The van der Waals surface area contributed by atoms with E-state index in [9.17, 15) is 0 Å². The number of rotatable bonds is 2. The lowest BCUT2D eigenvalue weighted by atomic mass is 9.85. The average molecular weight is 232 g/mol. The third-order valence-electron chi connectivity index (χ3n) is 4.13. The standard InChI is InChI=1S/C15H24N2/c1-11-9-13(15(16)7-5-6-8-15)14(17(3)4)10-12(11)2/h9-10H,5-8,16H2,1-4H3. The van der Waals surface area contributed by atoms with Crippen LogP contribution in [0.5, 0.6) is 0 Å². The quantitative estimate of drug-likeness (QED) is 0.849. The number of benzene rings is 1. The van der Waals surface area contributed by atoms with Crippen molar-refractivity contribution in [2.24, 2.45) is 5.73 Å². The normalized spacial score (nSPS) is 18.4. The lowest BCUT2D eigenvalue weighted by Gasteiger charge is -2.30. The predicted octanol–water partition coefficient (Wildman–Crippen LogP) is 3.10. The van der Waals surface area contributed by atoms with Gasteiger partial charge in [-0.3, -0.25) is 0 Å². The zero-order valence-electron chi connectivity index (χ0n) is 11.5. The van der Waals surface area contributed by atoms with Gasteiger partial charge in [0, 0.05) is 25.3 Å². The van der Waals surface area contributed by atoms with Gasteiger partial charge >= 0.3 is 0 Å². The van der Waals surface area contributed by atoms with Crippen LogP contribution < -0.4 is 10.6 Å². The molecule has 2 nitrogen and oxygen atoms in total. The minimum Gasteiger partial charge on any atom is -0.377 e. The second kappa shape index (κ2) is 4.34. The van der Waals surface area contributed by atoms with Crippen LogP contribution in [0.2, 0.25) is 0 Å². The summed E-state index contributed by atoms with van der Waals surface area (Å²) in [5.41, 5.74) is 11.8. The smallest absolute Gasteiger partial charge is 0.0430 e. The Labute approximate surface area is 105 Å². The first-order valence-electron chi connectivity index (χ1n) is 6.52. The second-order valence-electron chi connectivity index (χ2n) is 5.71. The molecular formula is C15H24N2. The van der Waals surface area contributed by atoms with Crippen molar-refractivity contribution in [2.45, 2.75) is 45.1 Å². The van der Waals surface area contributed by atoms with Crippen LogP contribution in [0.4, 0.5) is 5.69 Å². The predicted molar refractivity (Wildman–Crippen MR) is 74.6 cm³/mol. The molecule has 1 aliphatic carbocycles. The first-order chi connectivity index (χ1) is 7.94. The Bertz CT molecular complexity index is 415. The Morgan fingerprint density at radius 2 is 1.59 bits per heavy atom. The molecule has 1 fully saturated rings. The highest BCUT2D eigenvalue weighted by molar-refractivity contribution is 5.59. The van der Waals surface area contributed by atoms with Crippen molar-refractivity contribution in [3.8, 4) is 0 Å². The van der Waals surface area contributed by atoms with E-state index < -0.39 is 0 Å². The van der Waals surface area contributed by atoms with E-state index >= 15 is 0 Å². The summed E-state index contributed by atoms with van der Waals surface area (Å²) in [5.74, 6) is 0. The highest BCUT2D eigenvalue weighted by Gasteiger charge is 2.33. The van der Waals surface area contributed by atoms with E-state index in [1.165, 1.54) is 35.2 Å². The fourth-order valence-corrected chi connectivity index (χ4v) is 2.84. The topological polar surface area (TPSA) is 29.3 Å². The molecule has 0 spiro atoms. The van der Waals surface area contributed by atoms with Crippen molar-refractivity contribution >= 4 is 5.69 Å². The molecule has 0 atom stereocenters. The summed E-state index contributed by atoms with van der Waals surface area (Å²) in [4.78, 5) is 2.19. The molecule has 17 heavy (non-hydrogen) atoms. The number of hydrogen-bond donors (Lipinski definition) is 1. The molecule has 94 valence electrons. The van der Waals surface area contributed by atoms with Gasteiger partial charge in [-0.2, -0.15) is 0 Å². The molecule has 0 unspecified atom stereocenters. The molecule has 0 heterocycles. The largest absolute Gasteiger partial charge is 0.377 e. The molecule has 0 radical (unpaired) electrons. The Kier molecular flexibility index (Phi) is 3.17. The van der Waals surface area contributed by atoms with Gasteiger partial charge < -0.3 is 10.6 Å². The van der Waals surface area contributed by atoms with E-state index in [-0.39, 0.29) is 5.54 Å². The summed E-state index contributed by atoms with van der Waals surface area (Å²) in [6, 6.07) is 4.58. The third-order valence-corrected chi connectivity index (χ3v) is 4.13. The van der Waals surface area contributed by atoms with Crippen LogP contribution in [0, 0.1) is 13.8 Å². The molecule has 0 aromatic heterocycles. The first kappa shape index (κ1) is 12.4. The van der Waals surface area contributed by atoms with Crippen LogP contribution in [0.25, 0.3) is 0 Å². The van der Waals surface area contributed by atoms with Gasteiger partial charge in [0.05, 0.1) is 0 Å². The Hall–Kier alpha value is -1.02. The van der Waals surface area contributed by atoms with E-state index in [0.29, 0.717) is 0 Å². The Morgan fingerprint density at radius 1 is 1.06 bits per heavy atom. The minimum atomic E-state index is -0.0991. The molecule has 0 aliphatic heterocycles. The van der Waals surface area contributed by atoms with Crippen molar-refractivity contribution < 1.29 is 0 Å². The molecule has 2 heteroatoms. The molecule has 2 rings (SSSR count).